The number of urea groups is 1. The van der Waals surface area contributed by atoms with E-state index in [2.05, 4.69) is 0 Å². The average Bonchev–Trinajstić information content (AvgIpc) is 2.36. The van der Waals surface area contributed by atoms with Gasteiger partial charge in [0.2, 0.25) is 0 Å². The van der Waals surface area contributed by atoms with Crippen molar-refractivity contribution in [2.45, 2.75) is 32.3 Å². The molecule has 0 aliphatic rings. The van der Waals surface area contributed by atoms with Crippen LogP contribution in [0.4, 0.5) is 9.59 Å². The van der Waals surface area contributed by atoms with Crippen molar-refractivity contribution in [1.82, 2.24) is 5.32 Å². The Morgan fingerprint density at radius 2 is 1.78 bits per heavy atom. The molecule has 0 unspecified atom stereocenters. The smallest absolute Gasteiger partial charge is 0.416 e. The van der Waals surface area contributed by atoms with Crippen LogP contribution in [0.25, 0.3) is 0 Å². The third-order valence-electron chi connectivity index (χ3n) is 2.96. The Bertz CT molecular complexity index is 414. The predicted molar refractivity (Wildman–Crippen MR) is 67.9 cm³/mol. The van der Waals surface area contributed by atoms with E-state index in [1.54, 1.807) is 0 Å². The second kappa shape index (κ2) is 6.05. The fraction of sp³-hybridized carbons (Fsp3) is 0.385. The number of hydrogen-bond donors (Lipinski definition) is 2. The van der Waals surface area contributed by atoms with E-state index in [-0.39, 0.29) is 0 Å². The Morgan fingerprint density at radius 3 is 2.22 bits per heavy atom. The monoisotopic (exact) mass is 250 g/mol. The van der Waals surface area contributed by atoms with E-state index in [1.807, 2.05) is 49.5 Å². The van der Waals surface area contributed by atoms with E-state index in [1.165, 1.54) is 0 Å². The molecule has 0 atom stereocenters. The molecule has 0 radical (unpaired) electrons. The number of primary amides is 1. The molecule has 3 amide bonds. The van der Waals surface area contributed by atoms with Crippen molar-refractivity contribution in [3.8, 4) is 0 Å². The third kappa shape index (κ3) is 3.23. The molecule has 98 valence electrons. The summed E-state index contributed by atoms with van der Waals surface area (Å²) in [6.07, 6.45) is 0.398. The third-order valence-corrected chi connectivity index (χ3v) is 2.96. The number of carbonyl (C=O) groups excluding carboxylic acids is 2. The lowest BCUT2D eigenvalue weighted by Gasteiger charge is -2.31. The van der Waals surface area contributed by atoms with Crippen LogP contribution in [0.3, 0.4) is 0 Å². The molecule has 0 aromatic heterocycles. The topological polar surface area (TPSA) is 81.4 Å². The van der Waals surface area contributed by atoms with Crippen molar-refractivity contribution in [1.29, 1.82) is 0 Å². The molecule has 1 aromatic carbocycles. The second-order valence-corrected chi connectivity index (χ2v) is 3.95. The molecule has 0 aliphatic carbocycles. The lowest BCUT2D eigenvalue weighted by molar-refractivity contribution is 0.00250. The minimum absolute atomic E-state index is 0.611. The fourth-order valence-corrected chi connectivity index (χ4v) is 1.91. The van der Waals surface area contributed by atoms with Gasteiger partial charge in [-0.3, -0.25) is 0 Å². The summed E-state index contributed by atoms with van der Waals surface area (Å²) >= 11 is 0. The quantitative estimate of drug-likeness (QED) is 0.861. The van der Waals surface area contributed by atoms with Crippen LogP contribution < -0.4 is 11.1 Å². The maximum Gasteiger partial charge on any atom is 0.416 e. The SMILES string of the molecule is CCC(CC)(OC(=O)NC(N)=O)c1ccccc1. The molecule has 0 fully saturated rings. The zero-order chi connectivity index (χ0) is 13.6. The van der Waals surface area contributed by atoms with Crippen LogP contribution in [-0.4, -0.2) is 12.1 Å². The molecule has 5 nitrogen and oxygen atoms in total. The Hall–Kier alpha value is -2.04. The molecule has 18 heavy (non-hydrogen) atoms. The van der Waals surface area contributed by atoms with Gasteiger partial charge in [-0.25, -0.2) is 14.9 Å². The minimum Gasteiger partial charge on any atom is -0.438 e. The Labute approximate surface area is 106 Å². The predicted octanol–water partition coefficient (Wildman–Crippen LogP) is 2.51. The maximum absolute atomic E-state index is 11.5. The number of ether oxygens (including phenoxy) is 1. The van der Waals surface area contributed by atoms with Crippen molar-refractivity contribution in [3.63, 3.8) is 0 Å². The van der Waals surface area contributed by atoms with E-state index in [0.29, 0.717) is 12.8 Å². The zero-order valence-corrected chi connectivity index (χ0v) is 10.6. The first-order valence-corrected chi connectivity index (χ1v) is 5.89. The normalized spacial score (nSPS) is 10.8. The Kier molecular flexibility index (Phi) is 4.71. The van der Waals surface area contributed by atoms with Crippen LogP contribution in [-0.2, 0) is 10.3 Å². The molecule has 0 spiro atoms. The van der Waals surface area contributed by atoms with Gasteiger partial charge in [0.05, 0.1) is 0 Å². The van der Waals surface area contributed by atoms with Gasteiger partial charge < -0.3 is 10.5 Å². The van der Waals surface area contributed by atoms with E-state index < -0.39 is 17.7 Å². The summed E-state index contributed by atoms with van der Waals surface area (Å²) in [5.41, 5.74) is 5.05. The van der Waals surface area contributed by atoms with Crippen molar-refractivity contribution in [2.24, 2.45) is 5.73 Å². The van der Waals surface area contributed by atoms with Gasteiger partial charge in [-0.05, 0) is 18.4 Å². The van der Waals surface area contributed by atoms with E-state index in [0.717, 1.165) is 5.56 Å². The Balaban J connectivity index is 2.94. The summed E-state index contributed by atoms with van der Waals surface area (Å²) < 4.78 is 5.38. The number of nitrogens with two attached hydrogens (primary N) is 1. The standard InChI is InChI=1S/C13H18N2O3/c1-3-13(4-2,10-8-6-5-7-9-10)18-12(17)15-11(14)16/h5-9H,3-4H2,1-2H3,(H3,14,15,16,17). The summed E-state index contributed by atoms with van der Waals surface area (Å²) in [5.74, 6) is 0. The van der Waals surface area contributed by atoms with Crippen molar-refractivity contribution in [2.75, 3.05) is 0 Å². The van der Waals surface area contributed by atoms with Crippen LogP contribution in [0.5, 0.6) is 0 Å². The van der Waals surface area contributed by atoms with Gasteiger partial charge in [-0.2, -0.15) is 0 Å². The second-order valence-electron chi connectivity index (χ2n) is 3.95. The number of rotatable bonds is 4. The van der Waals surface area contributed by atoms with Crippen molar-refractivity contribution >= 4 is 12.1 Å². The first-order chi connectivity index (χ1) is 8.54. The molecular weight excluding hydrogens is 232 g/mol. The number of amides is 3. The van der Waals surface area contributed by atoms with Gasteiger partial charge in [-0.1, -0.05) is 44.2 Å². The average molecular weight is 250 g/mol. The van der Waals surface area contributed by atoms with Gasteiger partial charge >= 0.3 is 12.1 Å². The fourth-order valence-electron chi connectivity index (χ4n) is 1.91. The number of alkyl carbamates (subject to hydrolysis) is 1. The van der Waals surface area contributed by atoms with Crippen LogP contribution in [0.1, 0.15) is 32.3 Å². The molecule has 0 aliphatic heterocycles. The van der Waals surface area contributed by atoms with Crippen LogP contribution in [0.15, 0.2) is 30.3 Å². The van der Waals surface area contributed by atoms with Gasteiger partial charge in [0.1, 0.15) is 5.60 Å². The molecule has 0 saturated heterocycles. The molecule has 0 heterocycles. The summed E-state index contributed by atoms with van der Waals surface area (Å²) in [6, 6.07) is 8.52. The molecular formula is C13H18N2O3. The highest BCUT2D eigenvalue weighted by molar-refractivity contribution is 5.89. The first kappa shape index (κ1) is 14.0. The van der Waals surface area contributed by atoms with Gasteiger partial charge in [0.25, 0.3) is 0 Å². The molecule has 1 aromatic rings. The first-order valence-electron chi connectivity index (χ1n) is 5.89. The van der Waals surface area contributed by atoms with E-state index in [4.69, 9.17) is 10.5 Å². The lowest BCUT2D eigenvalue weighted by atomic mass is 9.88. The van der Waals surface area contributed by atoms with Crippen LogP contribution >= 0.6 is 0 Å². The number of imide groups is 1. The van der Waals surface area contributed by atoms with Crippen LogP contribution in [0.2, 0.25) is 0 Å². The highest BCUT2D eigenvalue weighted by atomic mass is 16.6. The van der Waals surface area contributed by atoms with Gasteiger partial charge in [0, 0.05) is 0 Å². The molecule has 1 rings (SSSR count). The van der Waals surface area contributed by atoms with Crippen LogP contribution in [0, 0.1) is 0 Å². The summed E-state index contributed by atoms with van der Waals surface area (Å²) in [6.45, 7) is 3.85. The highest BCUT2D eigenvalue weighted by Gasteiger charge is 2.32. The molecule has 3 N–H and O–H groups in total. The summed E-state index contributed by atoms with van der Waals surface area (Å²) in [7, 11) is 0. The Morgan fingerprint density at radius 1 is 1.22 bits per heavy atom. The largest absolute Gasteiger partial charge is 0.438 e. The van der Waals surface area contributed by atoms with E-state index >= 15 is 0 Å². The number of benzene rings is 1. The molecule has 0 bridgehead atoms. The van der Waals surface area contributed by atoms with Gasteiger partial charge in [-0.15, -0.1) is 0 Å². The number of carbonyl (C=O) groups is 2. The van der Waals surface area contributed by atoms with E-state index in [9.17, 15) is 9.59 Å². The highest BCUT2D eigenvalue weighted by Crippen LogP contribution is 2.32. The summed E-state index contributed by atoms with van der Waals surface area (Å²) in [4.78, 5) is 22.1. The summed E-state index contributed by atoms with van der Waals surface area (Å²) in [5, 5.41) is 1.91. The number of hydrogen-bond acceptors (Lipinski definition) is 3. The van der Waals surface area contributed by atoms with Crippen molar-refractivity contribution < 1.29 is 14.3 Å². The zero-order valence-electron chi connectivity index (χ0n) is 10.6. The number of nitrogens with one attached hydrogen (secondary N) is 1. The lowest BCUT2D eigenvalue weighted by Crippen LogP contribution is -2.41. The molecule has 0 saturated carbocycles. The molecule has 5 heteroatoms. The van der Waals surface area contributed by atoms with Crippen molar-refractivity contribution in [3.05, 3.63) is 35.9 Å². The van der Waals surface area contributed by atoms with Gasteiger partial charge in [0.15, 0.2) is 0 Å². The maximum atomic E-state index is 11.5. The minimum atomic E-state index is -0.922.